The lowest BCUT2D eigenvalue weighted by atomic mass is 10.2. The largest absolute Gasteiger partial charge is 0.457 e. The van der Waals surface area contributed by atoms with E-state index in [1.165, 1.54) is 0 Å². The molecule has 7 heteroatoms. The summed E-state index contributed by atoms with van der Waals surface area (Å²) in [4.78, 5) is 17.1. The molecular weight excluding hydrogens is 380 g/mol. The fourth-order valence-corrected chi connectivity index (χ4v) is 3.55. The van der Waals surface area contributed by atoms with Crippen LogP contribution in [-0.2, 0) is 13.0 Å². The van der Waals surface area contributed by atoms with Gasteiger partial charge in [-0.15, -0.1) is 0 Å². The minimum atomic E-state index is -0.0415. The second-order valence-corrected chi connectivity index (χ2v) is 7.59. The molecule has 5 rings (SSSR count). The van der Waals surface area contributed by atoms with E-state index in [1.807, 2.05) is 49.5 Å². The Labute approximate surface area is 173 Å². The maximum absolute atomic E-state index is 12.8. The first-order valence-electron chi connectivity index (χ1n) is 10.1. The Morgan fingerprint density at radius 3 is 2.87 bits per heavy atom. The lowest BCUT2D eigenvalue weighted by Crippen LogP contribution is -2.12. The van der Waals surface area contributed by atoms with Crippen molar-refractivity contribution in [1.82, 2.24) is 20.0 Å². The molecule has 7 nitrogen and oxygen atoms in total. The number of hydrogen-bond donors (Lipinski definition) is 1. The maximum atomic E-state index is 12.8. The van der Waals surface area contributed by atoms with Gasteiger partial charge >= 0.3 is 0 Å². The number of ether oxygens (including phenoxy) is 1. The zero-order valence-electron chi connectivity index (χ0n) is 16.7. The summed E-state index contributed by atoms with van der Waals surface area (Å²) >= 11 is 0. The van der Waals surface area contributed by atoms with Gasteiger partial charge in [0.25, 0.3) is 0 Å². The first-order valence-corrected chi connectivity index (χ1v) is 10.1. The van der Waals surface area contributed by atoms with Crippen LogP contribution in [0.15, 0.2) is 59.4 Å². The van der Waals surface area contributed by atoms with Gasteiger partial charge in [-0.25, -0.2) is 0 Å². The summed E-state index contributed by atoms with van der Waals surface area (Å²) in [6.45, 7) is 0.675. The Hall–Kier alpha value is -3.45. The predicted octanol–water partition coefficient (Wildman–Crippen LogP) is 4.30. The fraction of sp³-hybridized carbons (Fsp3) is 0.261. The molecule has 0 amide bonds. The molecule has 1 fully saturated rings. The highest BCUT2D eigenvalue weighted by molar-refractivity contribution is 5.93. The van der Waals surface area contributed by atoms with Crippen LogP contribution >= 0.6 is 0 Å². The fourth-order valence-electron chi connectivity index (χ4n) is 3.55. The van der Waals surface area contributed by atoms with E-state index in [4.69, 9.17) is 9.26 Å². The van der Waals surface area contributed by atoms with Crippen molar-refractivity contribution in [1.29, 1.82) is 0 Å². The summed E-state index contributed by atoms with van der Waals surface area (Å²) in [7, 11) is 1.88. The molecule has 0 saturated heterocycles. The number of carbonyl (C=O) groups is 1. The number of nitrogens with zero attached hydrogens (tertiary/aromatic N) is 3. The average molecular weight is 402 g/mol. The summed E-state index contributed by atoms with van der Waals surface area (Å²) in [5, 5.41) is 8.06. The first-order chi connectivity index (χ1) is 14.7. The molecule has 0 spiro atoms. The van der Waals surface area contributed by atoms with Crippen molar-refractivity contribution in [2.75, 3.05) is 7.05 Å². The van der Waals surface area contributed by atoms with Crippen LogP contribution in [0.4, 0.5) is 0 Å². The van der Waals surface area contributed by atoms with Crippen molar-refractivity contribution in [2.24, 2.45) is 0 Å². The molecule has 3 aromatic heterocycles. The van der Waals surface area contributed by atoms with Crippen LogP contribution in [0.1, 0.15) is 40.7 Å². The number of carbonyl (C=O) groups excluding carboxylic acids is 1. The smallest absolute Gasteiger partial charge is 0.237 e. The summed E-state index contributed by atoms with van der Waals surface area (Å²) in [6, 6.07) is 13.2. The molecule has 152 valence electrons. The predicted molar refractivity (Wildman–Crippen MR) is 112 cm³/mol. The van der Waals surface area contributed by atoms with Gasteiger partial charge in [0.15, 0.2) is 0 Å². The third-order valence-electron chi connectivity index (χ3n) is 5.20. The van der Waals surface area contributed by atoms with E-state index in [9.17, 15) is 4.79 Å². The van der Waals surface area contributed by atoms with Gasteiger partial charge in [-0.3, -0.25) is 14.3 Å². The number of aromatic nitrogens is 3. The van der Waals surface area contributed by atoms with Crippen LogP contribution in [0, 0.1) is 0 Å². The van der Waals surface area contributed by atoms with Gasteiger partial charge < -0.3 is 14.6 Å². The van der Waals surface area contributed by atoms with Crippen molar-refractivity contribution in [3.05, 3.63) is 72.0 Å². The molecular formula is C23H22N4O3. The molecule has 0 bridgehead atoms. The van der Waals surface area contributed by atoms with E-state index in [0.717, 1.165) is 40.9 Å². The van der Waals surface area contributed by atoms with Crippen LogP contribution in [0.3, 0.4) is 0 Å². The molecule has 1 saturated carbocycles. The maximum Gasteiger partial charge on any atom is 0.237 e. The van der Waals surface area contributed by atoms with Crippen LogP contribution in [0.2, 0.25) is 0 Å². The van der Waals surface area contributed by atoms with Crippen molar-refractivity contribution in [2.45, 2.75) is 31.7 Å². The lowest BCUT2D eigenvalue weighted by Gasteiger charge is -2.08. The summed E-state index contributed by atoms with van der Waals surface area (Å²) < 4.78 is 13.0. The highest BCUT2D eigenvalue weighted by atomic mass is 16.5. The van der Waals surface area contributed by atoms with Gasteiger partial charge in [0.05, 0.1) is 23.3 Å². The van der Waals surface area contributed by atoms with Crippen molar-refractivity contribution in [3.63, 3.8) is 0 Å². The normalized spacial score (nSPS) is 13.6. The molecule has 1 aliphatic carbocycles. The molecule has 0 unspecified atom stereocenters. The first kappa shape index (κ1) is 18.6. The summed E-state index contributed by atoms with van der Waals surface area (Å²) in [5.74, 6) is 2.77. The average Bonchev–Trinajstić information content (AvgIpc) is 3.34. The number of nitrogens with one attached hydrogen (secondary N) is 1. The third kappa shape index (κ3) is 3.84. The molecule has 1 N–H and O–H groups in total. The Balaban J connectivity index is 1.32. The standard InChI is InChI=1S/C23H22N4O3/c1-24-14-18-11-20(6-8-25-18)29-19-4-5-21-16(10-19)7-9-27(21)23(28)13-17-12-22(30-26-17)15-2-3-15/h4-12,15,24H,2-3,13-14H2,1H3. The number of fused-ring (bicyclic) bond motifs is 1. The van der Waals surface area contributed by atoms with Gasteiger partial charge in [-0.2, -0.15) is 0 Å². The van der Waals surface area contributed by atoms with Crippen LogP contribution < -0.4 is 10.1 Å². The Kier molecular flexibility index (Phi) is 4.80. The zero-order valence-corrected chi connectivity index (χ0v) is 16.7. The SMILES string of the molecule is CNCc1cc(Oc2ccc3c(ccn3C(=O)Cc3cc(C4CC4)on3)c2)ccn1. The molecule has 0 radical (unpaired) electrons. The van der Waals surface area contributed by atoms with E-state index in [0.29, 0.717) is 23.9 Å². The number of hydrogen-bond acceptors (Lipinski definition) is 6. The van der Waals surface area contributed by atoms with Crippen molar-refractivity contribution < 1.29 is 14.1 Å². The monoisotopic (exact) mass is 402 g/mol. The van der Waals surface area contributed by atoms with E-state index in [-0.39, 0.29) is 12.3 Å². The lowest BCUT2D eigenvalue weighted by molar-refractivity contribution is 0.0917. The second-order valence-electron chi connectivity index (χ2n) is 7.59. The van der Waals surface area contributed by atoms with Gasteiger partial charge in [-0.1, -0.05) is 5.16 Å². The summed E-state index contributed by atoms with van der Waals surface area (Å²) in [6.07, 6.45) is 6.02. The molecule has 30 heavy (non-hydrogen) atoms. The van der Waals surface area contributed by atoms with Crippen molar-refractivity contribution in [3.8, 4) is 11.5 Å². The number of pyridine rings is 1. The minimum absolute atomic E-state index is 0.0415. The van der Waals surface area contributed by atoms with E-state index < -0.39 is 0 Å². The van der Waals surface area contributed by atoms with Crippen molar-refractivity contribution >= 4 is 16.8 Å². The molecule has 1 aliphatic rings. The zero-order chi connectivity index (χ0) is 20.5. The molecule has 1 aromatic carbocycles. The van der Waals surface area contributed by atoms with Crippen LogP contribution in [0.5, 0.6) is 11.5 Å². The molecule has 0 aliphatic heterocycles. The van der Waals surface area contributed by atoms with Gasteiger partial charge in [0.2, 0.25) is 5.91 Å². The van der Waals surface area contributed by atoms with Crippen LogP contribution in [0.25, 0.3) is 10.9 Å². The minimum Gasteiger partial charge on any atom is -0.457 e. The summed E-state index contributed by atoms with van der Waals surface area (Å²) in [5.41, 5.74) is 2.42. The highest BCUT2D eigenvalue weighted by Crippen LogP contribution is 2.40. The van der Waals surface area contributed by atoms with Gasteiger partial charge in [0, 0.05) is 42.4 Å². The highest BCUT2D eigenvalue weighted by Gasteiger charge is 2.28. The van der Waals surface area contributed by atoms with Gasteiger partial charge in [0.1, 0.15) is 17.3 Å². The third-order valence-corrected chi connectivity index (χ3v) is 5.20. The van der Waals surface area contributed by atoms with E-state index >= 15 is 0 Å². The van der Waals surface area contributed by atoms with E-state index in [2.05, 4.69) is 15.5 Å². The molecule has 3 heterocycles. The second kappa shape index (κ2) is 7.76. The Bertz CT molecular complexity index is 1210. The molecule has 4 aromatic rings. The van der Waals surface area contributed by atoms with Crippen LogP contribution in [-0.4, -0.2) is 27.7 Å². The quantitative estimate of drug-likeness (QED) is 0.496. The Morgan fingerprint density at radius 2 is 2.03 bits per heavy atom. The number of benzene rings is 1. The number of rotatable bonds is 7. The van der Waals surface area contributed by atoms with E-state index in [1.54, 1.807) is 17.0 Å². The van der Waals surface area contributed by atoms with Gasteiger partial charge in [-0.05, 0) is 50.2 Å². The molecule has 0 atom stereocenters. The Morgan fingerprint density at radius 1 is 1.17 bits per heavy atom. The topological polar surface area (TPSA) is 82.2 Å².